The minimum atomic E-state index is -5.68. The van der Waals surface area contributed by atoms with Crippen molar-refractivity contribution in [3.8, 4) is 11.8 Å². The number of nitro groups is 2. The van der Waals surface area contributed by atoms with Crippen LogP contribution in [0, 0.1) is 32.1 Å². The van der Waals surface area contributed by atoms with Gasteiger partial charge in [-0.3, -0.25) is 68.4 Å². The zero-order valence-electron chi connectivity index (χ0n) is 62.9. The zero-order chi connectivity index (χ0) is 80.4. The minimum absolute atomic E-state index is 0.00670. The maximum atomic E-state index is 14.7. The van der Waals surface area contributed by atoms with E-state index in [1.807, 2.05) is 182 Å². The van der Waals surface area contributed by atoms with Crippen LogP contribution in [0.2, 0.25) is 0 Å². The van der Waals surface area contributed by atoms with E-state index in [4.69, 9.17) is 52.2 Å². The summed E-state index contributed by atoms with van der Waals surface area (Å²) in [6.45, 7) is 5.43. The first-order chi connectivity index (χ1) is 55.5. The van der Waals surface area contributed by atoms with Gasteiger partial charge in [0.1, 0.15) is 12.5 Å². The van der Waals surface area contributed by atoms with Crippen molar-refractivity contribution in [2.45, 2.75) is 76.3 Å². The van der Waals surface area contributed by atoms with Crippen LogP contribution < -0.4 is 20.1 Å². The summed E-state index contributed by atoms with van der Waals surface area (Å²) in [6, 6.07) is 70.6. The van der Waals surface area contributed by atoms with Crippen LogP contribution in [0.15, 0.2) is 243 Å². The van der Waals surface area contributed by atoms with Crippen molar-refractivity contribution in [2.24, 2.45) is 11.8 Å². The van der Waals surface area contributed by atoms with Crippen molar-refractivity contribution in [3.05, 3.63) is 308 Å². The number of nitrogens with one attached hydrogen (secondary N) is 2. The number of phosphoric acid groups is 2. The molecule has 8 aromatic carbocycles. The van der Waals surface area contributed by atoms with E-state index in [0.717, 1.165) is 44.5 Å². The number of amides is 2. The van der Waals surface area contributed by atoms with Crippen molar-refractivity contribution in [3.63, 3.8) is 0 Å². The second kappa shape index (κ2) is 35.0. The fourth-order valence-electron chi connectivity index (χ4n) is 14.5. The number of nitro benzene ring substituents is 2. The summed E-state index contributed by atoms with van der Waals surface area (Å²) >= 11 is 0. The summed E-state index contributed by atoms with van der Waals surface area (Å²) < 4.78 is 76.1. The van der Waals surface area contributed by atoms with E-state index >= 15 is 0 Å². The lowest BCUT2D eigenvalue weighted by Gasteiger charge is -2.50. The lowest BCUT2D eigenvalue weighted by Crippen LogP contribution is -2.57. The number of carbonyl (C=O) groups is 2. The fraction of sp³-hybridized carbons (Fsp3) is 0.268. The number of phosphoric ester groups is 2. The number of ether oxygens (including phenoxy) is 4. The summed E-state index contributed by atoms with van der Waals surface area (Å²) in [4.78, 5) is 105. The molecule has 2 fully saturated rings. The van der Waals surface area contributed by atoms with Crippen LogP contribution in [0.25, 0.3) is 22.3 Å². The number of fused-ring (bicyclic) bond motifs is 2. The van der Waals surface area contributed by atoms with Crippen LogP contribution in [-0.2, 0) is 65.5 Å². The van der Waals surface area contributed by atoms with Gasteiger partial charge in [-0.15, -0.1) is 0 Å². The number of rotatable bonds is 32. The van der Waals surface area contributed by atoms with Gasteiger partial charge in [0.05, 0.1) is 72.2 Å². The number of non-ortho nitro benzene ring substituents is 2. The highest BCUT2D eigenvalue weighted by Gasteiger charge is 2.50. The number of nitrogens with zero attached hydrogens (tertiary/aromatic N) is 12. The Hall–Kier alpha value is -11.7. The van der Waals surface area contributed by atoms with E-state index in [-0.39, 0.29) is 96.8 Å². The molecule has 2 unspecified atom stereocenters. The zero-order valence-corrected chi connectivity index (χ0v) is 64.7. The molecule has 6 heterocycles. The van der Waals surface area contributed by atoms with E-state index in [2.05, 4.69) is 30.4 Å². The quantitative estimate of drug-likeness (QED) is 0.0132. The molecule has 12 aromatic rings. The first-order valence-corrected chi connectivity index (χ1v) is 40.2. The third-order valence-electron chi connectivity index (χ3n) is 19.9. The Kier molecular flexibility index (Phi) is 24.3. The second-order valence-corrected chi connectivity index (χ2v) is 31.2. The van der Waals surface area contributed by atoms with Gasteiger partial charge in [-0.1, -0.05) is 234 Å². The van der Waals surface area contributed by atoms with Gasteiger partial charge in [-0.25, -0.2) is 19.1 Å². The molecule has 14 rings (SSSR count). The molecule has 0 radical (unpaired) electrons. The molecule has 2 amide bonds. The van der Waals surface area contributed by atoms with Crippen LogP contribution in [0.3, 0.4) is 0 Å². The van der Waals surface area contributed by atoms with E-state index in [1.165, 1.54) is 36.9 Å². The van der Waals surface area contributed by atoms with Crippen molar-refractivity contribution in [2.75, 3.05) is 63.2 Å². The van der Waals surface area contributed by atoms with Gasteiger partial charge in [0, 0.05) is 75.1 Å². The average molecular weight is 1600 g/mol. The lowest BCUT2D eigenvalue weighted by atomic mass is 9.75. The Labute approximate surface area is 660 Å². The van der Waals surface area contributed by atoms with Gasteiger partial charge in [0.15, 0.2) is 22.3 Å². The Morgan fingerprint density at radius 1 is 0.478 bits per heavy atom. The Morgan fingerprint density at radius 3 is 1.07 bits per heavy atom. The highest BCUT2D eigenvalue weighted by atomic mass is 31.3. The van der Waals surface area contributed by atoms with Crippen LogP contribution in [-0.4, -0.2) is 145 Å². The number of morpholine rings is 2. The summed E-state index contributed by atoms with van der Waals surface area (Å²) in [7, 11) is -11.4. The lowest BCUT2D eigenvalue weighted by molar-refractivity contribution is -0.385. The highest BCUT2D eigenvalue weighted by molar-refractivity contribution is 7.61. The Morgan fingerprint density at radius 2 is 0.783 bits per heavy atom. The normalized spacial score (nSPS) is 17.4. The molecule has 33 heteroatoms. The first-order valence-electron chi connectivity index (χ1n) is 37.2. The fourth-order valence-corrected chi connectivity index (χ4v) is 16.6. The van der Waals surface area contributed by atoms with Crippen LogP contribution >= 0.6 is 15.6 Å². The molecule has 2 saturated heterocycles. The molecule has 0 bridgehead atoms. The molecule has 2 aliphatic rings. The van der Waals surface area contributed by atoms with Crippen molar-refractivity contribution < 1.29 is 70.7 Å². The topological polar surface area (TPSA) is 377 Å². The standard InChI is InChI=1S/C82H82N14O17P2/c1-55(2)75(97)87-79-85-73-71(77(89-79)107-45-43-57-35-39-65(40-36-57)95(99)100)83-53-93(73)69-49-91(81(59-23-11-5-12-24-59,60-25-13-6-14-26-60)61-27-15-7-16-28-61)47-67(111-69)51-109-114(103,104)113-115(105,106)110-52-68-48-92(82(62-29-17-8-18-30-62,63-31-19-9-20-32-63)64-33-21-10-22-34-64)50-70(112-68)94-54-84-72-74(94)86-80(88-76(98)56(3)4)90-78(72)108-46-44-58-37-41-66(42-38-58)96(101)102/h5-42,53-56,67-70H,43-52H2,1-4H3,(H,103,104)(H,105,106)(H,85,87,89,97)(H,86,88,90,98)/t67-,68-,69+,70+/m0/s1. The summed E-state index contributed by atoms with van der Waals surface area (Å²) in [5, 5.41) is 28.5. The molecule has 0 saturated carbocycles. The Balaban J connectivity index is 0.786. The number of anilines is 2. The molecule has 2 aliphatic heterocycles. The van der Waals surface area contributed by atoms with Gasteiger partial charge in [0.25, 0.3) is 11.4 Å². The largest absolute Gasteiger partial charge is 0.481 e. The maximum absolute atomic E-state index is 14.7. The monoisotopic (exact) mass is 1600 g/mol. The smallest absolute Gasteiger partial charge is 0.476 e. The first kappa shape index (κ1) is 79.9. The maximum Gasteiger partial charge on any atom is 0.481 e. The van der Waals surface area contributed by atoms with Crippen LogP contribution in [0.4, 0.5) is 23.3 Å². The molecule has 4 N–H and O–H groups in total. The SMILES string of the molecule is CC(C)C(=O)Nc1nc(OCCc2ccc([N+](=O)[O-])cc2)c2ncn([C@H]3CN(C(c4ccccc4)(c4ccccc4)c4ccccc4)C[C@@H](COP(=O)(O)OP(=O)(O)OC[C@@H]4CN(C(c5ccccc5)(c5ccccc5)c5ccccc5)C[C@H](n5cnc6c(OCCc7ccc([N+](=O)[O-])cc7)nc(NC(=O)C(C)C)nc65)O4)O3)c2n1. The van der Waals surface area contributed by atoms with Crippen molar-refractivity contribution >= 4 is 73.1 Å². The van der Waals surface area contributed by atoms with Crippen LogP contribution in [0.5, 0.6) is 11.8 Å². The number of carbonyl (C=O) groups excluding carboxylic acids is 2. The van der Waals surface area contributed by atoms with Crippen molar-refractivity contribution in [1.29, 1.82) is 0 Å². The summed E-state index contributed by atoms with van der Waals surface area (Å²) in [6.07, 6.45) is -1.05. The molecule has 592 valence electrons. The number of hydrogen-bond donors (Lipinski definition) is 4. The van der Waals surface area contributed by atoms with Gasteiger partial charge in [-0.05, 0) is 44.5 Å². The molecule has 115 heavy (non-hydrogen) atoms. The van der Waals surface area contributed by atoms with Gasteiger partial charge < -0.3 is 28.7 Å². The molecule has 4 aromatic heterocycles. The summed E-state index contributed by atoms with van der Waals surface area (Å²) in [5.41, 5.74) is 4.60. The molecular formula is C82H82N14O17P2. The van der Waals surface area contributed by atoms with Crippen LogP contribution in [0.1, 0.15) is 84.7 Å². The highest BCUT2D eigenvalue weighted by Crippen LogP contribution is 2.61. The number of aromatic nitrogens is 8. The molecule has 6 atom stereocenters. The van der Waals surface area contributed by atoms with Crippen molar-refractivity contribution in [1.82, 2.24) is 48.8 Å². The Bertz CT molecular complexity index is 4970. The summed E-state index contributed by atoms with van der Waals surface area (Å²) in [5.74, 6) is -2.05. The second-order valence-electron chi connectivity index (χ2n) is 28.1. The number of hydrogen-bond acceptors (Lipinski definition) is 23. The van der Waals surface area contributed by atoms with E-state index in [1.54, 1.807) is 61.1 Å². The third kappa shape index (κ3) is 17.8. The molecule has 0 aliphatic carbocycles. The number of benzene rings is 8. The van der Waals surface area contributed by atoms with E-state index in [9.17, 15) is 48.7 Å². The average Bonchev–Trinajstić information content (AvgIpc) is 1.13. The number of imidazole rings is 2. The van der Waals surface area contributed by atoms with E-state index < -0.39 is 98.1 Å². The van der Waals surface area contributed by atoms with Gasteiger partial charge in [-0.2, -0.15) is 24.2 Å². The predicted molar refractivity (Wildman–Crippen MR) is 424 cm³/mol. The molecular weight excluding hydrogens is 1510 g/mol. The molecule has 0 spiro atoms. The van der Waals surface area contributed by atoms with Gasteiger partial charge in [0.2, 0.25) is 35.5 Å². The molecule has 31 nitrogen and oxygen atoms in total. The third-order valence-corrected chi connectivity index (χ3v) is 22.5. The minimum Gasteiger partial charge on any atom is -0.476 e. The van der Waals surface area contributed by atoms with Gasteiger partial charge >= 0.3 is 15.6 Å². The predicted octanol–water partition coefficient (Wildman–Crippen LogP) is 13.5. The van der Waals surface area contributed by atoms with E-state index in [0.29, 0.717) is 12.8 Å².